The number of nitrogens with two attached hydrogens (primary N) is 1. The maximum Gasteiger partial charge on any atom is 0.322 e. The summed E-state index contributed by atoms with van der Waals surface area (Å²) in [5, 5.41) is 3.51. The molecule has 2 rings (SSSR count). The van der Waals surface area contributed by atoms with Gasteiger partial charge in [0, 0.05) is 22.3 Å². The van der Waals surface area contributed by atoms with E-state index in [1.807, 2.05) is 0 Å². The van der Waals surface area contributed by atoms with E-state index in [9.17, 15) is 9.59 Å². The van der Waals surface area contributed by atoms with Crippen molar-refractivity contribution >= 4 is 40.8 Å². The fourth-order valence-electron chi connectivity index (χ4n) is 1.83. The number of benzene rings is 1. The highest BCUT2D eigenvalue weighted by molar-refractivity contribution is 6.35. The van der Waals surface area contributed by atoms with E-state index in [1.54, 1.807) is 18.2 Å². The lowest BCUT2D eigenvalue weighted by molar-refractivity contribution is -0.133. The second-order valence-corrected chi connectivity index (χ2v) is 5.17. The largest absolute Gasteiger partial charge is 0.367 e. The van der Waals surface area contributed by atoms with Gasteiger partial charge in [-0.15, -0.1) is 0 Å². The molecule has 1 aliphatic heterocycles. The monoisotopic (exact) mass is 317 g/mol. The minimum atomic E-state index is -0.780. The number of urea groups is 1. The molecule has 1 atom stereocenters. The summed E-state index contributed by atoms with van der Waals surface area (Å²) >= 11 is 11.7. The van der Waals surface area contributed by atoms with E-state index in [-0.39, 0.29) is 19.2 Å². The quantitative estimate of drug-likeness (QED) is 0.870. The molecule has 8 heteroatoms. The summed E-state index contributed by atoms with van der Waals surface area (Å²) in [5.41, 5.74) is 5.65. The third-order valence-electron chi connectivity index (χ3n) is 2.78. The molecule has 1 aromatic rings. The van der Waals surface area contributed by atoms with Crippen LogP contribution in [0.5, 0.6) is 0 Å². The Labute approximate surface area is 125 Å². The van der Waals surface area contributed by atoms with Gasteiger partial charge in [-0.05, 0) is 18.2 Å². The Morgan fingerprint density at radius 3 is 2.55 bits per heavy atom. The Kier molecular flexibility index (Phi) is 4.69. The zero-order chi connectivity index (χ0) is 14.7. The van der Waals surface area contributed by atoms with Gasteiger partial charge < -0.3 is 20.7 Å². The standard InChI is InChI=1S/C12H13Cl2N3O3/c13-7-3-8(14)5-9(4-7)16-12(19)17-1-2-20-10(6-17)11(15)18/h3-5,10H,1-2,6H2,(H2,15,18)(H,16,19)/t10-/m1/s1. The van der Waals surface area contributed by atoms with E-state index in [0.29, 0.717) is 22.3 Å². The van der Waals surface area contributed by atoms with Gasteiger partial charge in [0.25, 0.3) is 0 Å². The molecule has 1 heterocycles. The molecular formula is C12H13Cl2N3O3. The van der Waals surface area contributed by atoms with Crippen LogP contribution in [0.1, 0.15) is 0 Å². The Morgan fingerprint density at radius 1 is 1.30 bits per heavy atom. The van der Waals surface area contributed by atoms with Gasteiger partial charge in [-0.25, -0.2) is 4.79 Å². The number of ether oxygens (including phenoxy) is 1. The van der Waals surface area contributed by atoms with Gasteiger partial charge in [0.2, 0.25) is 5.91 Å². The zero-order valence-corrected chi connectivity index (χ0v) is 11.9. The molecule has 1 aliphatic rings. The van der Waals surface area contributed by atoms with E-state index in [1.165, 1.54) is 4.90 Å². The van der Waals surface area contributed by atoms with Crippen LogP contribution >= 0.6 is 23.2 Å². The average Bonchev–Trinajstić information content (AvgIpc) is 2.37. The number of halogens is 2. The van der Waals surface area contributed by atoms with Crippen molar-refractivity contribution in [3.63, 3.8) is 0 Å². The maximum absolute atomic E-state index is 12.1. The molecule has 20 heavy (non-hydrogen) atoms. The zero-order valence-electron chi connectivity index (χ0n) is 10.4. The molecule has 1 saturated heterocycles. The first kappa shape index (κ1) is 14.9. The summed E-state index contributed by atoms with van der Waals surface area (Å²) in [4.78, 5) is 24.6. The molecular weight excluding hydrogens is 305 g/mol. The van der Waals surface area contributed by atoms with Crippen LogP contribution in [-0.4, -0.2) is 42.6 Å². The lowest BCUT2D eigenvalue weighted by Gasteiger charge is -2.31. The van der Waals surface area contributed by atoms with Crippen LogP contribution in [0.25, 0.3) is 0 Å². The van der Waals surface area contributed by atoms with E-state index >= 15 is 0 Å². The number of amides is 3. The molecule has 1 aromatic carbocycles. The number of hydrogen-bond donors (Lipinski definition) is 2. The summed E-state index contributed by atoms with van der Waals surface area (Å²) in [5.74, 6) is -0.590. The van der Waals surface area contributed by atoms with Crippen LogP contribution in [0, 0.1) is 0 Å². The number of carbonyl (C=O) groups excluding carboxylic acids is 2. The molecule has 6 nitrogen and oxygen atoms in total. The molecule has 108 valence electrons. The van der Waals surface area contributed by atoms with Gasteiger partial charge in [0.1, 0.15) is 0 Å². The van der Waals surface area contributed by atoms with Crippen LogP contribution in [0.4, 0.5) is 10.5 Å². The van der Waals surface area contributed by atoms with Crippen LogP contribution in [0.3, 0.4) is 0 Å². The van der Waals surface area contributed by atoms with Crippen molar-refractivity contribution in [1.82, 2.24) is 4.90 Å². The number of rotatable bonds is 2. The number of hydrogen-bond acceptors (Lipinski definition) is 3. The van der Waals surface area contributed by atoms with Gasteiger partial charge in [0.05, 0.1) is 13.2 Å². The van der Waals surface area contributed by atoms with Crippen molar-refractivity contribution in [3.05, 3.63) is 28.2 Å². The lowest BCUT2D eigenvalue weighted by Crippen LogP contribution is -2.51. The van der Waals surface area contributed by atoms with Crippen molar-refractivity contribution in [2.75, 3.05) is 25.0 Å². The molecule has 3 amide bonds. The van der Waals surface area contributed by atoms with Gasteiger partial charge >= 0.3 is 6.03 Å². The first-order chi connectivity index (χ1) is 9.45. The second-order valence-electron chi connectivity index (χ2n) is 4.30. The van der Waals surface area contributed by atoms with Crippen molar-refractivity contribution in [3.8, 4) is 0 Å². The highest BCUT2D eigenvalue weighted by Gasteiger charge is 2.27. The van der Waals surface area contributed by atoms with Crippen LogP contribution < -0.4 is 11.1 Å². The maximum atomic E-state index is 12.1. The van der Waals surface area contributed by atoms with Crippen molar-refractivity contribution in [2.24, 2.45) is 5.73 Å². The number of nitrogens with zero attached hydrogens (tertiary/aromatic N) is 1. The molecule has 0 saturated carbocycles. The van der Waals surface area contributed by atoms with Gasteiger partial charge in [-0.3, -0.25) is 4.79 Å². The third-order valence-corrected chi connectivity index (χ3v) is 3.22. The fraction of sp³-hybridized carbons (Fsp3) is 0.333. The number of primary amides is 1. The van der Waals surface area contributed by atoms with E-state index in [2.05, 4.69) is 5.32 Å². The van der Waals surface area contributed by atoms with Crippen LogP contribution in [0.15, 0.2) is 18.2 Å². The highest BCUT2D eigenvalue weighted by atomic mass is 35.5. The number of anilines is 1. The smallest absolute Gasteiger partial charge is 0.322 e. The Bertz CT molecular complexity index is 518. The summed E-state index contributed by atoms with van der Waals surface area (Å²) in [6, 6.07) is 4.36. The van der Waals surface area contributed by atoms with Crippen LogP contribution in [-0.2, 0) is 9.53 Å². The van der Waals surface area contributed by atoms with E-state index < -0.39 is 12.0 Å². The summed E-state index contributed by atoms with van der Waals surface area (Å²) in [6.07, 6.45) is -0.780. The minimum absolute atomic E-state index is 0.121. The highest BCUT2D eigenvalue weighted by Crippen LogP contribution is 2.22. The molecule has 1 fully saturated rings. The Balaban J connectivity index is 2.02. The van der Waals surface area contributed by atoms with Gasteiger partial charge in [-0.1, -0.05) is 23.2 Å². The van der Waals surface area contributed by atoms with Crippen molar-refractivity contribution in [2.45, 2.75) is 6.10 Å². The van der Waals surface area contributed by atoms with E-state index in [4.69, 9.17) is 33.7 Å². The molecule has 0 unspecified atom stereocenters. The molecule has 0 aliphatic carbocycles. The topological polar surface area (TPSA) is 84.7 Å². The number of carbonyl (C=O) groups is 2. The Morgan fingerprint density at radius 2 is 1.95 bits per heavy atom. The summed E-state index contributed by atoms with van der Waals surface area (Å²) in [7, 11) is 0. The molecule has 0 spiro atoms. The molecule has 0 aromatic heterocycles. The van der Waals surface area contributed by atoms with Crippen molar-refractivity contribution < 1.29 is 14.3 Å². The summed E-state index contributed by atoms with van der Waals surface area (Å²) in [6.45, 7) is 0.761. The third kappa shape index (κ3) is 3.75. The summed E-state index contributed by atoms with van der Waals surface area (Å²) < 4.78 is 5.17. The first-order valence-corrected chi connectivity index (χ1v) is 6.64. The molecule has 0 bridgehead atoms. The number of nitrogens with one attached hydrogen (secondary N) is 1. The average molecular weight is 318 g/mol. The normalized spacial score (nSPS) is 18.7. The van der Waals surface area contributed by atoms with Crippen LogP contribution in [0.2, 0.25) is 10.0 Å². The predicted octanol–water partition coefficient (Wildman–Crippen LogP) is 1.71. The fourth-order valence-corrected chi connectivity index (χ4v) is 2.36. The molecule has 3 N–H and O–H groups in total. The SMILES string of the molecule is NC(=O)[C@H]1CN(C(=O)Nc2cc(Cl)cc(Cl)c2)CCO1. The lowest BCUT2D eigenvalue weighted by atomic mass is 10.2. The first-order valence-electron chi connectivity index (χ1n) is 5.88. The second kappa shape index (κ2) is 6.30. The minimum Gasteiger partial charge on any atom is -0.367 e. The predicted molar refractivity (Wildman–Crippen MR) is 76.0 cm³/mol. The van der Waals surface area contributed by atoms with Gasteiger partial charge in [-0.2, -0.15) is 0 Å². The molecule has 0 radical (unpaired) electrons. The van der Waals surface area contributed by atoms with Gasteiger partial charge in [0.15, 0.2) is 6.10 Å². The Hall–Kier alpha value is -1.50. The number of morpholine rings is 1. The van der Waals surface area contributed by atoms with Crippen molar-refractivity contribution in [1.29, 1.82) is 0 Å². The van der Waals surface area contributed by atoms with E-state index in [0.717, 1.165) is 0 Å².